The van der Waals surface area contributed by atoms with Gasteiger partial charge in [-0.15, -0.1) is 0 Å². The Hall–Kier alpha value is -5.04. The van der Waals surface area contributed by atoms with E-state index in [2.05, 4.69) is 91.5 Å². The van der Waals surface area contributed by atoms with Crippen LogP contribution >= 0.6 is 7.14 Å². The molecule has 1 atom stereocenters. The molecule has 1 unspecified atom stereocenters. The summed E-state index contributed by atoms with van der Waals surface area (Å²) in [5.74, 6) is 0. The third kappa shape index (κ3) is 4.43. The topological polar surface area (TPSA) is 30.0 Å². The van der Waals surface area contributed by atoms with E-state index in [0.717, 1.165) is 65.1 Å². The van der Waals surface area contributed by atoms with Crippen LogP contribution in [-0.4, -0.2) is 4.98 Å². The summed E-state index contributed by atoms with van der Waals surface area (Å²) in [7, 11) is -3.16. The SMILES string of the molecule is C=C/C(=C\C=C/C)P(=O)(c1ccccc1)c1ccc(-c2c3ccc4ccccc4c3nc3c2ccc2ccccc23)cc1. The zero-order valence-corrected chi connectivity index (χ0v) is 24.8. The molecule has 0 aliphatic heterocycles. The predicted molar refractivity (Wildman–Crippen MR) is 186 cm³/mol. The molecule has 0 fully saturated rings. The summed E-state index contributed by atoms with van der Waals surface area (Å²) in [6, 6.07) is 43.6. The first-order valence-corrected chi connectivity index (χ1v) is 16.2. The molecule has 43 heavy (non-hydrogen) atoms. The van der Waals surface area contributed by atoms with Crippen molar-refractivity contribution < 1.29 is 4.57 Å². The highest BCUT2D eigenvalue weighted by Gasteiger charge is 2.30. The number of allylic oxidation sites excluding steroid dienone is 5. The standard InChI is InChI=1S/C40H30NOP/c1-3-5-15-31(4-2)43(42,32-16-7-6-8-17-32)33-24-20-30(21-25-33)38-36-26-22-28-13-9-11-18-34(28)39(36)41-40-35-19-12-10-14-29(35)23-27-37(38)40/h3-27H,2H2,1H3/b5-3-,31-15+. The number of aromatic nitrogens is 1. The second-order valence-electron chi connectivity index (χ2n) is 10.7. The van der Waals surface area contributed by atoms with Gasteiger partial charge in [0.25, 0.3) is 0 Å². The van der Waals surface area contributed by atoms with Gasteiger partial charge in [0.2, 0.25) is 0 Å². The minimum atomic E-state index is -3.16. The van der Waals surface area contributed by atoms with Gasteiger partial charge in [-0.2, -0.15) is 0 Å². The van der Waals surface area contributed by atoms with E-state index in [4.69, 9.17) is 4.98 Å². The molecule has 0 spiro atoms. The number of hydrogen-bond donors (Lipinski definition) is 0. The smallest absolute Gasteiger partial charge is 0.170 e. The highest BCUT2D eigenvalue weighted by molar-refractivity contribution is 7.82. The summed E-state index contributed by atoms with van der Waals surface area (Å²) in [5.41, 5.74) is 4.16. The van der Waals surface area contributed by atoms with E-state index < -0.39 is 7.14 Å². The second-order valence-corrected chi connectivity index (χ2v) is 13.4. The molecule has 0 saturated heterocycles. The van der Waals surface area contributed by atoms with Crippen molar-refractivity contribution in [3.05, 3.63) is 164 Å². The Morgan fingerprint density at radius 1 is 0.628 bits per heavy atom. The lowest BCUT2D eigenvalue weighted by Crippen LogP contribution is -2.17. The zero-order chi connectivity index (χ0) is 29.4. The first kappa shape index (κ1) is 26.8. The maximum absolute atomic E-state index is 15.0. The molecule has 3 heteroatoms. The number of pyridine rings is 1. The Bertz CT molecular complexity index is 2190. The van der Waals surface area contributed by atoms with Crippen LogP contribution in [0.3, 0.4) is 0 Å². The Labute approximate surface area is 251 Å². The van der Waals surface area contributed by atoms with Gasteiger partial charge in [-0.25, -0.2) is 4.98 Å². The van der Waals surface area contributed by atoms with Gasteiger partial charge in [-0.1, -0.05) is 158 Å². The molecule has 7 rings (SSSR count). The highest BCUT2D eigenvalue weighted by atomic mass is 31.2. The van der Waals surface area contributed by atoms with E-state index in [-0.39, 0.29) is 0 Å². The molecule has 0 N–H and O–H groups in total. The molecule has 206 valence electrons. The summed E-state index contributed by atoms with van der Waals surface area (Å²) in [4.78, 5) is 5.31. The second kappa shape index (κ2) is 11.0. The lowest BCUT2D eigenvalue weighted by atomic mass is 9.92. The number of fused-ring (bicyclic) bond motifs is 6. The lowest BCUT2D eigenvalue weighted by molar-refractivity contribution is 0.591. The molecule has 0 saturated carbocycles. The average Bonchev–Trinajstić information content (AvgIpc) is 3.07. The van der Waals surface area contributed by atoms with Crippen LogP contribution in [0.5, 0.6) is 0 Å². The summed E-state index contributed by atoms with van der Waals surface area (Å²) >= 11 is 0. The molecule has 0 bridgehead atoms. The minimum absolute atomic E-state index is 0.710. The Balaban J connectivity index is 1.51. The van der Waals surface area contributed by atoms with E-state index in [9.17, 15) is 0 Å². The maximum Gasteiger partial charge on any atom is 0.170 e. The van der Waals surface area contributed by atoms with Gasteiger partial charge in [0.15, 0.2) is 7.14 Å². The first-order valence-electron chi connectivity index (χ1n) is 14.5. The van der Waals surface area contributed by atoms with Gasteiger partial charge in [-0.05, 0) is 23.3 Å². The van der Waals surface area contributed by atoms with Crippen LogP contribution in [0.1, 0.15) is 6.92 Å². The Kier molecular flexibility index (Phi) is 6.86. The van der Waals surface area contributed by atoms with E-state index in [1.54, 1.807) is 6.08 Å². The Morgan fingerprint density at radius 2 is 1.16 bits per heavy atom. The zero-order valence-electron chi connectivity index (χ0n) is 23.9. The number of hydrogen-bond acceptors (Lipinski definition) is 2. The van der Waals surface area contributed by atoms with Gasteiger partial charge >= 0.3 is 0 Å². The quantitative estimate of drug-likeness (QED) is 0.0860. The van der Waals surface area contributed by atoms with Crippen molar-refractivity contribution in [1.82, 2.24) is 4.98 Å². The van der Waals surface area contributed by atoms with E-state index in [0.29, 0.717) is 5.31 Å². The van der Waals surface area contributed by atoms with Gasteiger partial charge in [0.1, 0.15) is 0 Å². The molecule has 7 aromatic rings. The van der Waals surface area contributed by atoms with Crippen LogP contribution in [0.2, 0.25) is 0 Å². The van der Waals surface area contributed by atoms with Crippen molar-refractivity contribution in [3.63, 3.8) is 0 Å². The fraction of sp³-hybridized carbons (Fsp3) is 0.0250. The summed E-state index contributed by atoms with van der Waals surface area (Å²) in [6.07, 6.45) is 7.50. The van der Waals surface area contributed by atoms with Gasteiger partial charge < -0.3 is 4.57 Å². The fourth-order valence-electron chi connectivity index (χ4n) is 6.14. The van der Waals surface area contributed by atoms with Crippen molar-refractivity contribution in [3.8, 4) is 11.1 Å². The monoisotopic (exact) mass is 571 g/mol. The lowest BCUT2D eigenvalue weighted by Gasteiger charge is -2.21. The molecular weight excluding hydrogens is 541 g/mol. The van der Waals surface area contributed by atoms with Crippen molar-refractivity contribution in [2.75, 3.05) is 0 Å². The molecule has 1 heterocycles. The van der Waals surface area contributed by atoms with E-state index in [1.807, 2.05) is 67.6 Å². The first-order chi connectivity index (χ1) is 21.1. The largest absolute Gasteiger partial charge is 0.309 e. The summed E-state index contributed by atoms with van der Waals surface area (Å²) in [6.45, 7) is 5.99. The molecule has 0 aliphatic rings. The van der Waals surface area contributed by atoms with Crippen LogP contribution < -0.4 is 10.6 Å². The van der Waals surface area contributed by atoms with Crippen LogP contribution in [0, 0.1) is 0 Å². The van der Waals surface area contributed by atoms with Gasteiger partial charge in [0, 0.05) is 43.0 Å². The molecule has 0 radical (unpaired) electrons. The predicted octanol–water partition coefficient (Wildman–Crippen LogP) is 10.3. The number of nitrogens with zero attached hydrogens (tertiary/aromatic N) is 1. The molecule has 2 nitrogen and oxygen atoms in total. The molecule has 6 aromatic carbocycles. The van der Waals surface area contributed by atoms with Crippen molar-refractivity contribution in [1.29, 1.82) is 0 Å². The summed E-state index contributed by atoms with van der Waals surface area (Å²) < 4.78 is 15.0. The van der Waals surface area contributed by atoms with Crippen LogP contribution in [0.15, 0.2) is 164 Å². The molecule has 0 aliphatic carbocycles. The van der Waals surface area contributed by atoms with Crippen molar-refractivity contribution in [2.45, 2.75) is 6.92 Å². The average molecular weight is 572 g/mol. The minimum Gasteiger partial charge on any atom is -0.309 e. The van der Waals surface area contributed by atoms with Gasteiger partial charge in [0.05, 0.1) is 11.0 Å². The maximum atomic E-state index is 15.0. The van der Waals surface area contributed by atoms with Gasteiger partial charge in [-0.3, -0.25) is 0 Å². The molecular formula is C40H30NOP. The molecule has 1 aromatic heterocycles. The third-order valence-corrected chi connectivity index (χ3v) is 11.3. The van der Waals surface area contributed by atoms with Crippen LogP contribution in [-0.2, 0) is 4.57 Å². The van der Waals surface area contributed by atoms with E-state index >= 15 is 4.57 Å². The summed E-state index contributed by atoms with van der Waals surface area (Å²) in [5, 5.41) is 9.06. The normalized spacial score (nSPS) is 13.7. The highest BCUT2D eigenvalue weighted by Crippen LogP contribution is 2.52. The van der Waals surface area contributed by atoms with E-state index in [1.165, 1.54) is 0 Å². The van der Waals surface area contributed by atoms with Crippen molar-refractivity contribution >= 4 is 61.1 Å². The number of benzene rings is 6. The molecule has 0 amide bonds. The fourth-order valence-corrected chi connectivity index (χ4v) is 8.75. The third-order valence-electron chi connectivity index (χ3n) is 8.24. The van der Waals surface area contributed by atoms with Crippen LogP contribution in [0.4, 0.5) is 0 Å². The number of rotatable bonds is 6. The van der Waals surface area contributed by atoms with Crippen LogP contribution in [0.25, 0.3) is 54.5 Å². The van der Waals surface area contributed by atoms with Crippen molar-refractivity contribution in [2.24, 2.45) is 0 Å². The Morgan fingerprint density at radius 3 is 1.72 bits per heavy atom.